The summed E-state index contributed by atoms with van der Waals surface area (Å²) in [5, 5.41) is 3.65. The van der Waals surface area contributed by atoms with Crippen LogP contribution in [0.15, 0.2) is 30.3 Å². The fourth-order valence-electron chi connectivity index (χ4n) is 5.11. The van der Waals surface area contributed by atoms with Crippen molar-refractivity contribution in [2.45, 2.75) is 56.5 Å². The molecule has 1 N–H and O–H groups in total. The zero-order valence-corrected chi connectivity index (χ0v) is 13.0. The molecule has 4 atom stereocenters. The van der Waals surface area contributed by atoms with Gasteiger partial charge in [-0.1, -0.05) is 43.2 Å². The normalized spacial score (nSPS) is 37.3. The summed E-state index contributed by atoms with van der Waals surface area (Å²) in [6.07, 6.45) is 8.47. The van der Waals surface area contributed by atoms with Gasteiger partial charge in [0.1, 0.15) is 0 Å². The van der Waals surface area contributed by atoms with Gasteiger partial charge in [0.05, 0.1) is 0 Å². The van der Waals surface area contributed by atoms with Gasteiger partial charge >= 0.3 is 0 Å². The fraction of sp³-hybridized carbons (Fsp3) is 0.684. The van der Waals surface area contributed by atoms with Gasteiger partial charge in [0.2, 0.25) is 0 Å². The topological polar surface area (TPSA) is 15.3 Å². The summed E-state index contributed by atoms with van der Waals surface area (Å²) in [5.74, 6) is 1.68. The molecule has 0 radical (unpaired) electrons. The molecule has 2 heterocycles. The Hall–Kier alpha value is -0.860. The second kappa shape index (κ2) is 6.10. The first-order valence-electron chi connectivity index (χ1n) is 8.95. The fourth-order valence-corrected chi connectivity index (χ4v) is 5.11. The van der Waals surface area contributed by atoms with Crippen molar-refractivity contribution in [3.63, 3.8) is 0 Å². The molecule has 0 bridgehead atoms. The Morgan fingerprint density at radius 2 is 1.71 bits per heavy atom. The maximum atomic E-state index is 3.65. The van der Waals surface area contributed by atoms with Crippen molar-refractivity contribution in [1.82, 2.24) is 10.2 Å². The zero-order valence-electron chi connectivity index (χ0n) is 13.0. The molecule has 114 valence electrons. The first-order chi connectivity index (χ1) is 10.4. The van der Waals surface area contributed by atoms with Crippen molar-refractivity contribution in [3.05, 3.63) is 35.9 Å². The predicted octanol–water partition coefficient (Wildman–Crippen LogP) is 3.40. The Balaban J connectivity index is 1.59. The summed E-state index contributed by atoms with van der Waals surface area (Å²) in [6, 6.07) is 12.9. The third-order valence-corrected chi connectivity index (χ3v) is 6.10. The van der Waals surface area contributed by atoms with Gasteiger partial charge in [-0.15, -0.1) is 0 Å². The van der Waals surface area contributed by atoms with Gasteiger partial charge in [-0.05, 0) is 56.2 Å². The molecule has 3 fully saturated rings. The van der Waals surface area contributed by atoms with E-state index in [1.54, 1.807) is 5.56 Å². The number of likely N-dealkylation sites (tertiary alicyclic amines) is 1. The molecular weight excluding hydrogens is 256 g/mol. The molecule has 2 nitrogen and oxygen atoms in total. The number of rotatable bonds is 2. The molecule has 1 aliphatic carbocycles. The van der Waals surface area contributed by atoms with E-state index >= 15 is 0 Å². The lowest BCUT2D eigenvalue weighted by Crippen LogP contribution is -2.53. The molecule has 3 aliphatic rings. The van der Waals surface area contributed by atoms with E-state index in [2.05, 4.69) is 40.5 Å². The summed E-state index contributed by atoms with van der Waals surface area (Å²) in [5.41, 5.74) is 1.58. The van der Waals surface area contributed by atoms with Gasteiger partial charge in [0, 0.05) is 18.6 Å². The Kier molecular flexibility index (Phi) is 4.00. The van der Waals surface area contributed by atoms with Crippen LogP contribution in [0.4, 0.5) is 0 Å². The molecular formula is C19H28N2. The molecule has 21 heavy (non-hydrogen) atoms. The second-order valence-electron chi connectivity index (χ2n) is 7.23. The van der Waals surface area contributed by atoms with E-state index in [1.165, 1.54) is 58.2 Å². The second-order valence-corrected chi connectivity index (χ2v) is 7.23. The molecule has 4 rings (SSSR count). The van der Waals surface area contributed by atoms with Crippen LogP contribution in [0.3, 0.4) is 0 Å². The molecule has 4 unspecified atom stereocenters. The van der Waals surface area contributed by atoms with Crippen molar-refractivity contribution in [2.75, 3.05) is 19.6 Å². The summed E-state index contributed by atoms with van der Waals surface area (Å²) in [6.45, 7) is 3.81. The van der Waals surface area contributed by atoms with Crippen molar-refractivity contribution in [1.29, 1.82) is 0 Å². The Labute approximate surface area is 128 Å². The van der Waals surface area contributed by atoms with Crippen LogP contribution in [0.5, 0.6) is 0 Å². The highest BCUT2D eigenvalue weighted by molar-refractivity contribution is 5.22. The smallest absolute Gasteiger partial charge is 0.0264 e. The van der Waals surface area contributed by atoms with E-state index in [1.807, 2.05) is 0 Å². The third kappa shape index (κ3) is 2.64. The first kappa shape index (κ1) is 13.8. The largest absolute Gasteiger partial charge is 0.315 e. The highest BCUT2D eigenvalue weighted by Crippen LogP contribution is 2.40. The third-order valence-electron chi connectivity index (χ3n) is 6.10. The van der Waals surface area contributed by atoms with Crippen LogP contribution in [0.2, 0.25) is 0 Å². The SMILES string of the molecule is c1ccc(C2CCCCC2N2CCCC3CNCC32)cc1. The molecule has 1 saturated carbocycles. The lowest BCUT2D eigenvalue weighted by atomic mass is 9.77. The van der Waals surface area contributed by atoms with E-state index in [0.29, 0.717) is 0 Å². The predicted molar refractivity (Wildman–Crippen MR) is 87.5 cm³/mol. The van der Waals surface area contributed by atoms with Gasteiger partial charge in [0.25, 0.3) is 0 Å². The molecule has 2 saturated heterocycles. The van der Waals surface area contributed by atoms with E-state index in [4.69, 9.17) is 0 Å². The molecule has 2 heteroatoms. The van der Waals surface area contributed by atoms with Crippen molar-refractivity contribution < 1.29 is 0 Å². The highest BCUT2D eigenvalue weighted by Gasteiger charge is 2.41. The highest BCUT2D eigenvalue weighted by atomic mass is 15.2. The van der Waals surface area contributed by atoms with Crippen LogP contribution in [0.1, 0.15) is 50.0 Å². The van der Waals surface area contributed by atoms with E-state index in [-0.39, 0.29) is 0 Å². The minimum atomic E-state index is 0.763. The minimum absolute atomic E-state index is 0.763. The van der Waals surface area contributed by atoms with Crippen LogP contribution >= 0.6 is 0 Å². The Morgan fingerprint density at radius 1 is 0.857 bits per heavy atom. The van der Waals surface area contributed by atoms with E-state index < -0.39 is 0 Å². The number of fused-ring (bicyclic) bond motifs is 1. The number of hydrogen-bond donors (Lipinski definition) is 1. The summed E-state index contributed by atoms with van der Waals surface area (Å²) < 4.78 is 0. The van der Waals surface area contributed by atoms with Crippen LogP contribution in [-0.2, 0) is 0 Å². The van der Waals surface area contributed by atoms with Crippen molar-refractivity contribution in [3.8, 4) is 0 Å². The number of nitrogens with one attached hydrogen (secondary N) is 1. The van der Waals surface area contributed by atoms with E-state index in [0.717, 1.165) is 23.9 Å². The van der Waals surface area contributed by atoms with Gasteiger partial charge in [-0.2, -0.15) is 0 Å². The summed E-state index contributed by atoms with van der Waals surface area (Å²) in [4.78, 5) is 2.91. The molecule has 0 spiro atoms. The Bertz CT molecular complexity index is 458. The maximum absolute atomic E-state index is 3.65. The summed E-state index contributed by atoms with van der Waals surface area (Å²) in [7, 11) is 0. The first-order valence-corrected chi connectivity index (χ1v) is 8.95. The summed E-state index contributed by atoms with van der Waals surface area (Å²) >= 11 is 0. The zero-order chi connectivity index (χ0) is 14.1. The molecule has 1 aromatic carbocycles. The van der Waals surface area contributed by atoms with Crippen molar-refractivity contribution >= 4 is 0 Å². The van der Waals surface area contributed by atoms with Crippen LogP contribution in [0.25, 0.3) is 0 Å². The van der Waals surface area contributed by atoms with Gasteiger partial charge in [-0.25, -0.2) is 0 Å². The van der Waals surface area contributed by atoms with Crippen molar-refractivity contribution in [2.24, 2.45) is 5.92 Å². The quantitative estimate of drug-likeness (QED) is 0.895. The average molecular weight is 284 g/mol. The monoisotopic (exact) mass is 284 g/mol. The average Bonchev–Trinajstić information content (AvgIpc) is 3.04. The number of hydrogen-bond acceptors (Lipinski definition) is 2. The maximum Gasteiger partial charge on any atom is 0.0264 e. The molecule has 2 aliphatic heterocycles. The lowest BCUT2D eigenvalue weighted by molar-refractivity contribution is 0.0466. The number of piperidine rings is 1. The van der Waals surface area contributed by atoms with Crippen LogP contribution in [0, 0.1) is 5.92 Å². The van der Waals surface area contributed by atoms with Gasteiger partial charge in [-0.3, -0.25) is 4.90 Å². The number of nitrogens with zero attached hydrogens (tertiary/aromatic N) is 1. The van der Waals surface area contributed by atoms with Gasteiger partial charge < -0.3 is 5.32 Å². The van der Waals surface area contributed by atoms with Crippen LogP contribution < -0.4 is 5.32 Å². The van der Waals surface area contributed by atoms with E-state index in [9.17, 15) is 0 Å². The standard InChI is InChI=1S/C19H28N2/c1-2-7-15(8-3-1)17-10-4-5-11-18(17)21-12-6-9-16-13-20-14-19(16)21/h1-3,7-8,16-20H,4-6,9-14H2. The molecule has 0 amide bonds. The lowest BCUT2D eigenvalue weighted by Gasteiger charge is -2.47. The van der Waals surface area contributed by atoms with Crippen LogP contribution in [-0.4, -0.2) is 36.6 Å². The molecule has 1 aromatic rings. The minimum Gasteiger partial charge on any atom is -0.315 e. The molecule has 0 aromatic heterocycles. The Morgan fingerprint density at radius 3 is 2.62 bits per heavy atom. The van der Waals surface area contributed by atoms with Gasteiger partial charge in [0.15, 0.2) is 0 Å². The number of benzene rings is 1.